The van der Waals surface area contributed by atoms with Crippen molar-refractivity contribution in [3.63, 3.8) is 0 Å². The molecule has 3 amide bonds. The van der Waals surface area contributed by atoms with Gasteiger partial charge < -0.3 is 15.2 Å². The van der Waals surface area contributed by atoms with Crippen molar-refractivity contribution >= 4 is 50.6 Å². The standard InChI is InChI=1S/C25H28N4O3S/c1-16(30)26-19-8-10-20(11-9-19)29-22(31)21-14-17-12-13-33-23(17)28(21)15-25(29,2)24(32)27-18-6-4-3-5-7-18/h8-14,18H,3-7,15H2,1-2H3,(H,26,30)(H,27,32)/t25-/m0/s1. The minimum Gasteiger partial charge on any atom is -0.351 e. The Morgan fingerprint density at radius 1 is 1.09 bits per heavy atom. The third kappa shape index (κ3) is 3.82. The number of aromatic nitrogens is 1. The van der Waals surface area contributed by atoms with Gasteiger partial charge in [0.2, 0.25) is 11.8 Å². The van der Waals surface area contributed by atoms with Gasteiger partial charge in [0.15, 0.2) is 0 Å². The van der Waals surface area contributed by atoms with E-state index in [2.05, 4.69) is 10.6 Å². The minimum absolute atomic E-state index is 0.127. The van der Waals surface area contributed by atoms with Gasteiger partial charge in [-0.3, -0.25) is 19.3 Å². The number of rotatable bonds is 4. The van der Waals surface area contributed by atoms with Crippen LogP contribution in [0, 0.1) is 0 Å². The number of carbonyl (C=O) groups is 3. The average Bonchev–Trinajstić information content (AvgIpc) is 3.38. The van der Waals surface area contributed by atoms with E-state index in [0.29, 0.717) is 23.6 Å². The maximum Gasteiger partial charge on any atom is 0.275 e. The van der Waals surface area contributed by atoms with E-state index < -0.39 is 5.54 Å². The van der Waals surface area contributed by atoms with Crippen LogP contribution in [-0.4, -0.2) is 33.9 Å². The molecule has 1 aliphatic carbocycles. The largest absolute Gasteiger partial charge is 0.351 e. The third-order valence-corrected chi connectivity index (χ3v) is 7.71. The number of nitrogens with zero attached hydrogens (tertiary/aromatic N) is 2. The van der Waals surface area contributed by atoms with Crippen LogP contribution in [0.4, 0.5) is 11.4 Å². The van der Waals surface area contributed by atoms with E-state index in [1.54, 1.807) is 40.5 Å². The summed E-state index contributed by atoms with van der Waals surface area (Å²) >= 11 is 1.58. The summed E-state index contributed by atoms with van der Waals surface area (Å²) in [6.07, 6.45) is 5.40. The van der Waals surface area contributed by atoms with Gasteiger partial charge in [0.25, 0.3) is 5.91 Å². The molecule has 2 N–H and O–H groups in total. The first-order chi connectivity index (χ1) is 15.9. The molecule has 172 valence electrons. The molecule has 1 aromatic carbocycles. The SMILES string of the molecule is CC(=O)Nc1ccc(N2C(=O)c3cc4ccsc4n3C[C@@]2(C)C(=O)NC2CCCCC2)cc1. The summed E-state index contributed by atoms with van der Waals surface area (Å²) in [5, 5.41) is 9.03. The summed E-state index contributed by atoms with van der Waals surface area (Å²) in [7, 11) is 0. The molecule has 0 radical (unpaired) electrons. The Morgan fingerprint density at radius 2 is 1.82 bits per heavy atom. The van der Waals surface area contributed by atoms with Crippen LogP contribution in [0.5, 0.6) is 0 Å². The maximum atomic E-state index is 13.8. The zero-order chi connectivity index (χ0) is 23.2. The second-order valence-corrected chi connectivity index (χ2v) is 10.1. The Morgan fingerprint density at radius 3 is 2.52 bits per heavy atom. The van der Waals surface area contributed by atoms with Crippen LogP contribution in [0.2, 0.25) is 0 Å². The van der Waals surface area contributed by atoms with E-state index in [0.717, 1.165) is 35.9 Å². The monoisotopic (exact) mass is 464 g/mol. The molecular formula is C25H28N4O3S. The van der Waals surface area contributed by atoms with Gasteiger partial charge in [-0.1, -0.05) is 19.3 Å². The minimum atomic E-state index is -1.09. The van der Waals surface area contributed by atoms with Crippen molar-refractivity contribution in [3.8, 4) is 0 Å². The summed E-state index contributed by atoms with van der Waals surface area (Å²) in [4.78, 5) is 41.6. The first kappa shape index (κ1) is 21.7. The molecule has 0 saturated heterocycles. The van der Waals surface area contributed by atoms with Gasteiger partial charge in [0, 0.05) is 29.7 Å². The second-order valence-electron chi connectivity index (χ2n) is 9.25. The number of benzene rings is 1. The van der Waals surface area contributed by atoms with Crippen molar-refractivity contribution in [3.05, 3.63) is 47.5 Å². The van der Waals surface area contributed by atoms with E-state index in [1.807, 2.05) is 29.0 Å². The van der Waals surface area contributed by atoms with Crippen molar-refractivity contribution < 1.29 is 14.4 Å². The number of thiophene rings is 1. The summed E-state index contributed by atoms with van der Waals surface area (Å²) in [5.74, 6) is -0.484. The van der Waals surface area contributed by atoms with Gasteiger partial charge >= 0.3 is 0 Å². The van der Waals surface area contributed by atoms with Crippen LogP contribution < -0.4 is 15.5 Å². The van der Waals surface area contributed by atoms with Gasteiger partial charge in [0.05, 0.1) is 6.54 Å². The molecule has 8 heteroatoms. The van der Waals surface area contributed by atoms with Crippen LogP contribution in [0.1, 0.15) is 56.4 Å². The molecule has 2 aliphatic rings. The molecule has 1 saturated carbocycles. The van der Waals surface area contributed by atoms with Gasteiger partial charge in [-0.05, 0) is 61.5 Å². The molecule has 5 rings (SSSR count). The lowest BCUT2D eigenvalue weighted by molar-refractivity contribution is -0.127. The summed E-state index contributed by atoms with van der Waals surface area (Å²) in [6, 6.07) is 11.2. The van der Waals surface area contributed by atoms with Gasteiger partial charge in [-0.25, -0.2) is 0 Å². The van der Waals surface area contributed by atoms with Crippen molar-refractivity contribution in [1.82, 2.24) is 9.88 Å². The number of hydrogen-bond donors (Lipinski definition) is 2. The topological polar surface area (TPSA) is 83.4 Å². The fourth-order valence-corrected chi connectivity index (χ4v) is 5.98. The molecule has 1 fully saturated rings. The maximum absolute atomic E-state index is 13.8. The fourth-order valence-electron chi connectivity index (χ4n) is 5.09. The fraction of sp³-hybridized carbons (Fsp3) is 0.400. The number of nitrogens with one attached hydrogen (secondary N) is 2. The molecule has 3 aromatic rings. The van der Waals surface area contributed by atoms with Gasteiger partial charge in [0.1, 0.15) is 16.1 Å². The normalized spacial score (nSPS) is 21.2. The van der Waals surface area contributed by atoms with Crippen molar-refractivity contribution in [2.75, 3.05) is 10.2 Å². The van der Waals surface area contributed by atoms with Gasteiger partial charge in [-0.2, -0.15) is 0 Å². The molecule has 1 aliphatic heterocycles. The molecule has 33 heavy (non-hydrogen) atoms. The zero-order valence-electron chi connectivity index (χ0n) is 18.9. The predicted molar refractivity (Wildman–Crippen MR) is 131 cm³/mol. The van der Waals surface area contributed by atoms with Gasteiger partial charge in [-0.15, -0.1) is 11.3 Å². The van der Waals surface area contributed by atoms with Crippen molar-refractivity contribution in [2.24, 2.45) is 0 Å². The van der Waals surface area contributed by atoms with E-state index in [1.165, 1.54) is 13.3 Å². The number of fused-ring (bicyclic) bond motifs is 3. The van der Waals surface area contributed by atoms with E-state index in [4.69, 9.17) is 0 Å². The Balaban J connectivity index is 1.55. The number of anilines is 2. The molecule has 3 heterocycles. The molecule has 7 nitrogen and oxygen atoms in total. The van der Waals surface area contributed by atoms with Crippen LogP contribution in [0.3, 0.4) is 0 Å². The van der Waals surface area contributed by atoms with E-state index in [-0.39, 0.29) is 23.8 Å². The van der Waals surface area contributed by atoms with Crippen LogP contribution in [0.15, 0.2) is 41.8 Å². The van der Waals surface area contributed by atoms with Crippen LogP contribution in [0.25, 0.3) is 10.2 Å². The van der Waals surface area contributed by atoms with Crippen molar-refractivity contribution in [2.45, 2.75) is 64.1 Å². The van der Waals surface area contributed by atoms with E-state index in [9.17, 15) is 14.4 Å². The summed E-state index contributed by atoms with van der Waals surface area (Å²) in [6.45, 7) is 3.69. The Hall–Kier alpha value is -3.13. The lowest BCUT2D eigenvalue weighted by atomic mass is 9.91. The first-order valence-electron chi connectivity index (χ1n) is 11.5. The second kappa shape index (κ2) is 8.33. The molecule has 0 spiro atoms. The van der Waals surface area contributed by atoms with Crippen LogP contribution >= 0.6 is 11.3 Å². The highest BCUT2D eigenvalue weighted by atomic mass is 32.1. The van der Waals surface area contributed by atoms with E-state index >= 15 is 0 Å². The molecule has 2 aromatic heterocycles. The molecule has 0 unspecified atom stereocenters. The summed E-state index contributed by atoms with van der Waals surface area (Å²) in [5.41, 5.74) is 0.775. The smallest absolute Gasteiger partial charge is 0.275 e. The highest BCUT2D eigenvalue weighted by Gasteiger charge is 2.49. The third-order valence-electron chi connectivity index (χ3n) is 6.76. The number of hydrogen-bond acceptors (Lipinski definition) is 4. The number of amides is 3. The lowest BCUT2D eigenvalue weighted by Gasteiger charge is -2.44. The predicted octanol–water partition coefficient (Wildman–Crippen LogP) is 4.53. The lowest BCUT2D eigenvalue weighted by Crippen LogP contribution is -2.65. The van der Waals surface area contributed by atoms with Crippen molar-refractivity contribution in [1.29, 1.82) is 0 Å². The van der Waals surface area contributed by atoms with Crippen LogP contribution in [-0.2, 0) is 16.1 Å². The molecular weight excluding hydrogens is 436 g/mol. The summed E-state index contributed by atoms with van der Waals surface area (Å²) < 4.78 is 1.99. The quantitative estimate of drug-likeness (QED) is 0.595. The highest BCUT2D eigenvalue weighted by molar-refractivity contribution is 7.16. The Kier molecular flexibility index (Phi) is 5.48. The molecule has 0 bridgehead atoms. The average molecular weight is 465 g/mol. The Bertz CT molecular complexity index is 1220. The zero-order valence-corrected chi connectivity index (χ0v) is 19.7. The molecule has 1 atom stereocenters. The highest BCUT2D eigenvalue weighted by Crippen LogP contribution is 2.38. The first-order valence-corrected chi connectivity index (χ1v) is 12.3. The number of carbonyl (C=O) groups excluding carboxylic acids is 3. The Labute approximate surface area is 196 Å².